The van der Waals surface area contributed by atoms with E-state index in [1.807, 2.05) is 6.92 Å². The van der Waals surface area contributed by atoms with E-state index in [0.29, 0.717) is 0 Å². The summed E-state index contributed by atoms with van der Waals surface area (Å²) < 4.78 is 2.06. The third-order valence-corrected chi connectivity index (χ3v) is 3.84. The highest BCUT2D eigenvalue weighted by Crippen LogP contribution is 2.23. The Labute approximate surface area is 109 Å². The summed E-state index contributed by atoms with van der Waals surface area (Å²) in [6.45, 7) is 7.05. The van der Waals surface area contributed by atoms with Gasteiger partial charge >= 0.3 is 0 Å². The summed E-state index contributed by atoms with van der Waals surface area (Å²) >= 11 is 0. The van der Waals surface area contributed by atoms with E-state index in [9.17, 15) is 5.11 Å². The molecule has 18 heavy (non-hydrogen) atoms. The number of nitrogens with zero attached hydrogens (tertiary/aromatic N) is 2. The number of hydrogen-bond donors (Lipinski definition) is 2. The second-order valence-electron chi connectivity index (χ2n) is 5.40. The number of aliphatic hydroxyl groups excluding tert-OH is 1. The first-order valence-electron chi connectivity index (χ1n) is 7.11. The molecule has 4 nitrogen and oxygen atoms in total. The Kier molecular flexibility index (Phi) is 4.78. The summed E-state index contributed by atoms with van der Waals surface area (Å²) in [6.07, 6.45) is 4.20. The predicted octanol–water partition coefficient (Wildman–Crippen LogP) is 1.85. The van der Waals surface area contributed by atoms with Gasteiger partial charge in [-0.25, -0.2) is 0 Å². The van der Waals surface area contributed by atoms with Crippen LogP contribution in [0.2, 0.25) is 0 Å². The first-order valence-corrected chi connectivity index (χ1v) is 7.11. The van der Waals surface area contributed by atoms with E-state index in [2.05, 4.69) is 28.1 Å². The minimum atomic E-state index is -0.0505. The van der Waals surface area contributed by atoms with Crippen molar-refractivity contribution < 1.29 is 5.11 Å². The Morgan fingerprint density at radius 3 is 2.78 bits per heavy atom. The van der Waals surface area contributed by atoms with Gasteiger partial charge in [-0.3, -0.25) is 4.68 Å². The molecule has 0 aromatic carbocycles. The number of rotatable bonds is 5. The second kappa shape index (κ2) is 6.34. The van der Waals surface area contributed by atoms with Crippen LogP contribution in [0, 0.1) is 12.8 Å². The Morgan fingerprint density at radius 1 is 1.39 bits per heavy atom. The molecular weight excluding hydrogens is 226 g/mol. The van der Waals surface area contributed by atoms with Crippen molar-refractivity contribution in [3.63, 3.8) is 0 Å². The summed E-state index contributed by atoms with van der Waals surface area (Å²) in [6, 6.07) is 2.15. The van der Waals surface area contributed by atoms with Gasteiger partial charge in [0.15, 0.2) is 0 Å². The highest BCUT2D eigenvalue weighted by molar-refractivity contribution is 5.08. The average molecular weight is 251 g/mol. The number of aliphatic hydroxyl groups is 1. The molecule has 2 N–H and O–H groups in total. The van der Waals surface area contributed by atoms with Crippen LogP contribution < -0.4 is 5.32 Å². The lowest BCUT2D eigenvalue weighted by molar-refractivity contribution is 0.108. The van der Waals surface area contributed by atoms with E-state index < -0.39 is 0 Å². The van der Waals surface area contributed by atoms with Gasteiger partial charge in [-0.1, -0.05) is 0 Å². The third-order valence-electron chi connectivity index (χ3n) is 3.84. The summed E-state index contributed by atoms with van der Waals surface area (Å²) in [5, 5.41) is 17.4. The minimum Gasteiger partial charge on any atom is -0.393 e. The minimum absolute atomic E-state index is 0.0505. The van der Waals surface area contributed by atoms with E-state index in [-0.39, 0.29) is 6.10 Å². The highest BCUT2D eigenvalue weighted by atomic mass is 16.3. The van der Waals surface area contributed by atoms with E-state index in [1.165, 1.54) is 5.69 Å². The normalized spacial score (nSPS) is 24.4. The van der Waals surface area contributed by atoms with Crippen molar-refractivity contribution in [1.29, 1.82) is 0 Å². The van der Waals surface area contributed by atoms with Crippen LogP contribution in [-0.4, -0.2) is 27.5 Å². The SMILES string of the molecule is CCn1nc(C)cc1CNCC1CCC(O)CC1. The van der Waals surface area contributed by atoms with Crippen LogP contribution in [-0.2, 0) is 13.1 Å². The van der Waals surface area contributed by atoms with Gasteiger partial charge in [0.25, 0.3) is 0 Å². The van der Waals surface area contributed by atoms with Gasteiger partial charge in [0, 0.05) is 13.1 Å². The first-order chi connectivity index (χ1) is 8.69. The van der Waals surface area contributed by atoms with E-state index in [4.69, 9.17) is 0 Å². The molecule has 0 aliphatic heterocycles. The zero-order valence-corrected chi connectivity index (χ0v) is 11.5. The summed E-state index contributed by atoms with van der Waals surface area (Å²) in [5.74, 6) is 0.729. The smallest absolute Gasteiger partial charge is 0.0597 e. The first kappa shape index (κ1) is 13.6. The molecule has 0 radical (unpaired) electrons. The molecule has 4 heteroatoms. The molecule has 1 saturated carbocycles. The molecule has 0 amide bonds. The van der Waals surface area contributed by atoms with Crippen LogP contribution in [0.3, 0.4) is 0 Å². The van der Waals surface area contributed by atoms with Gasteiger partial charge in [0.05, 0.1) is 17.5 Å². The van der Waals surface area contributed by atoms with Gasteiger partial charge < -0.3 is 10.4 Å². The summed E-state index contributed by atoms with van der Waals surface area (Å²) in [4.78, 5) is 0. The van der Waals surface area contributed by atoms with Gasteiger partial charge in [0.2, 0.25) is 0 Å². The molecule has 1 aromatic heterocycles. The van der Waals surface area contributed by atoms with Crippen LogP contribution >= 0.6 is 0 Å². The molecule has 0 spiro atoms. The standard InChI is InChI=1S/C14H25N3O/c1-3-17-13(8-11(2)16-17)10-15-9-12-4-6-14(18)7-5-12/h8,12,14-15,18H,3-7,9-10H2,1-2H3. The molecule has 1 heterocycles. The molecule has 0 atom stereocenters. The highest BCUT2D eigenvalue weighted by Gasteiger charge is 2.18. The van der Waals surface area contributed by atoms with Gasteiger partial charge in [-0.2, -0.15) is 5.10 Å². The lowest BCUT2D eigenvalue weighted by Gasteiger charge is -2.25. The van der Waals surface area contributed by atoms with Gasteiger partial charge in [0.1, 0.15) is 0 Å². The maximum Gasteiger partial charge on any atom is 0.0597 e. The molecule has 0 saturated heterocycles. The number of aromatic nitrogens is 2. The van der Waals surface area contributed by atoms with Crippen molar-refractivity contribution in [3.8, 4) is 0 Å². The molecule has 1 fully saturated rings. The summed E-state index contributed by atoms with van der Waals surface area (Å²) in [7, 11) is 0. The van der Waals surface area contributed by atoms with Gasteiger partial charge in [-0.05, 0) is 58.1 Å². The largest absolute Gasteiger partial charge is 0.393 e. The zero-order chi connectivity index (χ0) is 13.0. The molecule has 0 unspecified atom stereocenters. The topological polar surface area (TPSA) is 50.1 Å². The lowest BCUT2D eigenvalue weighted by atomic mass is 9.87. The fourth-order valence-electron chi connectivity index (χ4n) is 2.77. The lowest BCUT2D eigenvalue weighted by Crippen LogP contribution is -2.28. The molecule has 1 aliphatic carbocycles. The molecule has 0 bridgehead atoms. The van der Waals surface area contributed by atoms with Crippen molar-refractivity contribution in [2.24, 2.45) is 5.92 Å². The maximum atomic E-state index is 9.47. The third kappa shape index (κ3) is 3.56. The Bertz CT molecular complexity index is 367. The number of aryl methyl sites for hydroxylation is 2. The van der Waals surface area contributed by atoms with E-state index >= 15 is 0 Å². The van der Waals surface area contributed by atoms with Crippen LogP contribution in [0.25, 0.3) is 0 Å². The molecule has 102 valence electrons. The van der Waals surface area contributed by atoms with Crippen molar-refractivity contribution in [3.05, 3.63) is 17.5 Å². The van der Waals surface area contributed by atoms with Crippen molar-refractivity contribution in [1.82, 2.24) is 15.1 Å². The zero-order valence-electron chi connectivity index (χ0n) is 11.5. The molecule has 2 rings (SSSR count). The Balaban J connectivity index is 1.74. The van der Waals surface area contributed by atoms with Crippen LogP contribution in [0.5, 0.6) is 0 Å². The molecule has 1 aliphatic rings. The monoisotopic (exact) mass is 251 g/mol. The maximum absolute atomic E-state index is 9.47. The molecule has 1 aromatic rings. The van der Waals surface area contributed by atoms with Gasteiger partial charge in [-0.15, -0.1) is 0 Å². The number of hydrogen-bond acceptors (Lipinski definition) is 3. The quantitative estimate of drug-likeness (QED) is 0.839. The van der Waals surface area contributed by atoms with Crippen LogP contribution in [0.4, 0.5) is 0 Å². The van der Waals surface area contributed by atoms with Crippen LogP contribution in [0.1, 0.15) is 44.0 Å². The predicted molar refractivity (Wildman–Crippen MR) is 72.3 cm³/mol. The molecular formula is C14H25N3O. The van der Waals surface area contributed by atoms with Crippen molar-refractivity contribution in [2.45, 2.75) is 58.7 Å². The summed E-state index contributed by atoms with van der Waals surface area (Å²) in [5.41, 5.74) is 2.36. The Morgan fingerprint density at radius 2 is 2.11 bits per heavy atom. The van der Waals surface area contributed by atoms with Crippen molar-refractivity contribution >= 4 is 0 Å². The Hall–Kier alpha value is -0.870. The van der Waals surface area contributed by atoms with Crippen LogP contribution in [0.15, 0.2) is 6.07 Å². The number of nitrogens with one attached hydrogen (secondary N) is 1. The fraction of sp³-hybridized carbons (Fsp3) is 0.786. The fourth-order valence-corrected chi connectivity index (χ4v) is 2.77. The second-order valence-corrected chi connectivity index (χ2v) is 5.40. The van der Waals surface area contributed by atoms with E-state index in [0.717, 1.165) is 56.9 Å². The van der Waals surface area contributed by atoms with E-state index in [1.54, 1.807) is 0 Å². The average Bonchev–Trinajstić information content (AvgIpc) is 2.72. The van der Waals surface area contributed by atoms with Crippen molar-refractivity contribution in [2.75, 3.05) is 6.54 Å².